The number of thiazole rings is 1. The lowest BCUT2D eigenvalue weighted by atomic mass is 10.2. The molecule has 8 heteroatoms. The number of sulfone groups is 1. The van der Waals surface area contributed by atoms with E-state index < -0.39 is 9.84 Å². The van der Waals surface area contributed by atoms with Gasteiger partial charge in [0.25, 0.3) is 0 Å². The molecule has 3 heterocycles. The average Bonchev–Trinajstić information content (AvgIpc) is 3.17. The number of anilines is 1. The zero-order valence-corrected chi connectivity index (χ0v) is 14.1. The molecule has 0 amide bonds. The third-order valence-corrected chi connectivity index (χ3v) is 6.43. The number of aromatic nitrogens is 1. The highest BCUT2D eigenvalue weighted by Gasteiger charge is 2.28. The molecule has 122 valence electrons. The number of piperazine rings is 1. The van der Waals surface area contributed by atoms with E-state index in [9.17, 15) is 8.42 Å². The number of hydrogen-bond donors (Lipinski definition) is 0. The predicted octanol–water partition coefficient (Wildman–Crippen LogP) is 1.59. The van der Waals surface area contributed by atoms with Crippen molar-refractivity contribution in [3.8, 4) is 5.75 Å². The van der Waals surface area contributed by atoms with E-state index in [2.05, 4.69) is 14.8 Å². The number of ether oxygens (including phenoxy) is 1. The normalized spacial score (nSPS) is 20.3. The number of hydrogen-bond acceptors (Lipinski definition) is 7. The molecule has 1 saturated heterocycles. The Bertz CT molecular complexity index is 797. The monoisotopic (exact) mass is 351 g/mol. The number of fused-ring (bicyclic) bond motifs is 1. The molecular weight excluding hydrogens is 334 g/mol. The van der Waals surface area contributed by atoms with E-state index in [1.54, 1.807) is 23.5 Å². The standard InChI is InChI=1S/C15H17N3O3S2/c19-23(20)11-21-13-2-1-12(9-14(13)23)10-17-4-6-18(7-5-17)15-16-3-8-22-15/h1-3,8-9H,4-7,10-11H2. The van der Waals surface area contributed by atoms with Crippen LogP contribution in [0.4, 0.5) is 5.13 Å². The van der Waals surface area contributed by atoms with Gasteiger partial charge in [0, 0.05) is 44.3 Å². The fourth-order valence-corrected chi connectivity index (χ4v) is 4.82. The molecule has 6 nitrogen and oxygen atoms in total. The van der Waals surface area contributed by atoms with Crippen LogP contribution in [0.1, 0.15) is 5.56 Å². The SMILES string of the molecule is O=S1(=O)COc2ccc(CN3CCN(c4nccs4)CC3)cc21. The number of rotatable bonds is 3. The summed E-state index contributed by atoms with van der Waals surface area (Å²) in [6, 6.07) is 5.47. The molecule has 1 fully saturated rings. The summed E-state index contributed by atoms with van der Waals surface area (Å²) in [5.74, 6) is 0.237. The first kappa shape index (κ1) is 14.9. The van der Waals surface area contributed by atoms with Gasteiger partial charge in [0.1, 0.15) is 10.6 Å². The molecule has 0 spiro atoms. The highest BCUT2D eigenvalue weighted by atomic mass is 32.2. The Morgan fingerprint density at radius 2 is 2.04 bits per heavy atom. The van der Waals surface area contributed by atoms with Gasteiger partial charge in [0.05, 0.1) is 0 Å². The first-order chi connectivity index (χ1) is 11.1. The van der Waals surface area contributed by atoms with Gasteiger partial charge in [-0.15, -0.1) is 11.3 Å². The van der Waals surface area contributed by atoms with Crippen LogP contribution in [0.5, 0.6) is 5.75 Å². The van der Waals surface area contributed by atoms with Crippen molar-refractivity contribution in [3.63, 3.8) is 0 Å². The molecular formula is C15H17N3O3S2. The van der Waals surface area contributed by atoms with Gasteiger partial charge in [0.15, 0.2) is 11.1 Å². The van der Waals surface area contributed by atoms with E-state index in [-0.39, 0.29) is 5.94 Å². The summed E-state index contributed by atoms with van der Waals surface area (Å²) in [6.45, 7) is 4.54. The molecule has 2 aromatic rings. The third-order valence-electron chi connectivity index (χ3n) is 4.18. The van der Waals surface area contributed by atoms with Crippen LogP contribution < -0.4 is 9.64 Å². The van der Waals surface area contributed by atoms with E-state index in [1.165, 1.54) is 0 Å². The topological polar surface area (TPSA) is 62.7 Å². The van der Waals surface area contributed by atoms with Gasteiger partial charge in [0.2, 0.25) is 9.84 Å². The molecule has 0 N–H and O–H groups in total. The van der Waals surface area contributed by atoms with Gasteiger partial charge in [-0.2, -0.15) is 0 Å². The maximum Gasteiger partial charge on any atom is 0.216 e. The summed E-state index contributed by atoms with van der Waals surface area (Å²) in [6.07, 6.45) is 1.83. The van der Waals surface area contributed by atoms with Gasteiger partial charge >= 0.3 is 0 Å². The quantitative estimate of drug-likeness (QED) is 0.837. The lowest BCUT2D eigenvalue weighted by Gasteiger charge is -2.34. The second kappa shape index (κ2) is 5.77. The van der Waals surface area contributed by atoms with E-state index in [0.29, 0.717) is 10.6 Å². The Morgan fingerprint density at radius 1 is 1.22 bits per heavy atom. The van der Waals surface area contributed by atoms with Crippen molar-refractivity contribution in [2.45, 2.75) is 11.4 Å². The fraction of sp³-hybridized carbons (Fsp3) is 0.400. The van der Waals surface area contributed by atoms with Crippen LogP contribution >= 0.6 is 11.3 Å². The molecule has 0 bridgehead atoms. The lowest BCUT2D eigenvalue weighted by molar-refractivity contribution is 0.249. The molecule has 0 atom stereocenters. The maximum atomic E-state index is 11.9. The second-order valence-electron chi connectivity index (χ2n) is 5.74. The van der Waals surface area contributed by atoms with Crippen molar-refractivity contribution >= 4 is 26.3 Å². The summed E-state index contributed by atoms with van der Waals surface area (Å²) in [4.78, 5) is 9.31. The molecule has 2 aliphatic heterocycles. The summed E-state index contributed by atoms with van der Waals surface area (Å²) in [5, 5.41) is 3.07. The fourth-order valence-electron chi connectivity index (χ4n) is 2.95. The molecule has 0 unspecified atom stereocenters. The highest BCUT2D eigenvalue weighted by Crippen LogP contribution is 2.32. The molecule has 0 aliphatic carbocycles. The smallest absolute Gasteiger partial charge is 0.216 e. The molecule has 0 radical (unpaired) electrons. The summed E-state index contributed by atoms with van der Waals surface area (Å²) < 4.78 is 29.0. The van der Waals surface area contributed by atoms with Crippen LogP contribution in [0.25, 0.3) is 0 Å². The van der Waals surface area contributed by atoms with Crippen LogP contribution in [-0.4, -0.2) is 50.4 Å². The van der Waals surface area contributed by atoms with Crippen LogP contribution in [0.3, 0.4) is 0 Å². The zero-order valence-electron chi connectivity index (χ0n) is 12.5. The van der Waals surface area contributed by atoms with Gasteiger partial charge in [-0.25, -0.2) is 13.4 Å². The van der Waals surface area contributed by atoms with Gasteiger partial charge in [-0.1, -0.05) is 6.07 Å². The summed E-state index contributed by atoms with van der Waals surface area (Å²) >= 11 is 1.66. The van der Waals surface area contributed by atoms with Crippen molar-refractivity contribution in [2.24, 2.45) is 0 Å². The lowest BCUT2D eigenvalue weighted by Crippen LogP contribution is -2.45. The van der Waals surface area contributed by atoms with Crippen molar-refractivity contribution < 1.29 is 13.2 Å². The summed E-state index contributed by atoms with van der Waals surface area (Å²) in [7, 11) is -3.26. The molecule has 4 rings (SSSR count). The number of nitrogens with zero attached hydrogens (tertiary/aromatic N) is 3. The van der Waals surface area contributed by atoms with Crippen LogP contribution in [0.2, 0.25) is 0 Å². The highest BCUT2D eigenvalue weighted by molar-refractivity contribution is 7.91. The molecule has 1 aromatic carbocycles. The molecule has 23 heavy (non-hydrogen) atoms. The van der Waals surface area contributed by atoms with E-state index >= 15 is 0 Å². The maximum absolute atomic E-state index is 11.9. The summed E-state index contributed by atoms with van der Waals surface area (Å²) in [5.41, 5.74) is 1.01. The van der Waals surface area contributed by atoms with E-state index in [1.807, 2.05) is 17.6 Å². The Kier molecular flexibility index (Phi) is 3.74. The van der Waals surface area contributed by atoms with Crippen LogP contribution in [-0.2, 0) is 16.4 Å². The van der Waals surface area contributed by atoms with Crippen molar-refractivity contribution in [3.05, 3.63) is 35.3 Å². The Balaban J connectivity index is 1.42. The third kappa shape index (κ3) is 2.93. The predicted molar refractivity (Wildman–Crippen MR) is 88.7 cm³/mol. The van der Waals surface area contributed by atoms with Gasteiger partial charge < -0.3 is 9.64 Å². The Hall–Kier alpha value is -1.64. The first-order valence-electron chi connectivity index (χ1n) is 7.47. The first-order valence-corrected chi connectivity index (χ1v) is 10.0. The van der Waals surface area contributed by atoms with Crippen molar-refractivity contribution in [1.29, 1.82) is 0 Å². The van der Waals surface area contributed by atoms with Crippen LogP contribution in [0, 0.1) is 0 Å². The second-order valence-corrected chi connectivity index (χ2v) is 8.51. The van der Waals surface area contributed by atoms with E-state index in [4.69, 9.17) is 4.74 Å². The van der Waals surface area contributed by atoms with Crippen LogP contribution in [0.15, 0.2) is 34.7 Å². The molecule has 0 saturated carbocycles. The average molecular weight is 351 g/mol. The number of benzene rings is 1. The largest absolute Gasteiger partial charge is 0.476 e. The van der Waals surface area contributed by atoms with Crippen molar-refractivity contribution in [2.75, 3.05) is 37.0 Å². The van der Waals surface area contributed by atoms with Crippen molar-refractivity contribution in [1.82, 2.24) is 9.88 Å². The van der Waals surface area contributed by atoms with Gasteiger partial charge in [-0.05, 0) is 17.7 Å². The Morgan fingerprint density at radius 3 is 2.78 bits per heavy atom. The minimum Gasteiger partial charge on any atom is -0.476 e. The molecule has 1 aromatic heterocycles. The zero-order chi connectivity index (χ0) is 15.9. The minimum absolute atomic E-state index is 0.238. The van der Waals surface area contributed by atoms with Gasteiger partial charge in [-0.3, -0.25) is 4.90 Å². The Labute approximate surface area is 139 Å². The van der Waals surface area contributed by atoms with E-state index in [0.717, 1.165) is 43.4 Å². The minimum atomic E-state index is -3.26. The molecule has 2 aliphatic rings.